The number of carbonyl (C=O) groups is 2. The van der Waals surface area contributed by atoms with Gasteiger partial charge < -0.3 is 20.3 Å². The van der Waals surface area contributed by atoms with Crippen LogP contribution in [0.1, 0.15) is 30.4 Å². The van der Waals surface area contributed by atoms with Gasteiger partial charge in [-0.05, 0) is 70.6 Å². The number of carbonyl (C=O) groups excluding carboxylic acids is 2. The van der Waals surface area contributed by atoms with Gasteiger partial charge in [0, 0.05) is 31.7 Å². The summed E-state index contributed by atoms with van der Waals surface area (Å²) in [6.45, 7) is 2.05. The van der Waals surface area contributed by atoms with Gasteiger partial charge in [-0.1, -0.05) is 18.2 Å². The number of hydrogen-bond acceptors (Lipinski definition) is 3. The molecule has 154 valence electrons. The molecule has 1 aliphatic rings. The molecule has 1 aliphatic heterocycles. The van der Waals surface area contributed by atoms with Crippen molar-refractivity contribution >= 4 is 33.6 Å². The van der Waals surface area contributed by atoms with Crippen LogP contribution in [0.2, 0.25) is 0 Å². The molecule has 0 aromatic heterocycles. The highest BCUT2D eigenvalue weighted by Gasteiger charge is 2.17. The number of nitrogens with one attached hydrogen (secondary N) is 2. The molecule has 7 heteroatoms. The quantitative estimate of drug-likeness (QED) is 0.646. The molecule has 0 aliphatic carbocycles. The van der Waals surface area contributed by atoms with E-state index in [-0.39, 0.29) is 11.9 Å². The number of anilines is 1. The molecule has 1 heterocycles. The minimum absolute atomic E-state index is 0.0107. The van der Waals surface area contributed by atoms with Crippen LogP contribution in [0.5, 0.6) is 5.75 Å². The fraction of sp³-hybridized carbons (Fsp3) is 0.364. The first-order valence-corrected chi connectivity index (χ1v) is 10.6. The summed E-state index contributed by atoms with van der Waals surface area (Å²) in [7, 11) is 1.63. The van der Waals surface area contributed by atoms with Crippen molar-refractivity contribution in [3.05, 3.63) is 58.1 Å². The number of amides is 3. The first kappa shape index (κ1) is 21.2. The number of halogens is 1. The largest absolute Gasteiger partial charge is 0.496 e. The second-order valence-electron chi connectivity index (χ2n) is 7.07. The molecule has 0 bridgehead atoms. The zero-order chi connectivity index (χ0) is 20.6. The Kier molecular flexibility index (Phi) is 7.52. The number of benzene rings is 2. The highest BCUT2D eigenvalue weighted by atomic mass is 79.9. The normalized spacial score (nSPS) is 13.2. The Morgan fingerprint density at radius 3 is 2.62 bits per heavy atom. The molecular formula is C22H26BrN3O3. The van der Waals surface area contributed by atoms with Crippen molar-refractivity contribution in [1.29, 1.82) is 0 Å². The standard InChI is InChI=1S/C22H26BrN3O3/c1-29-20-9-7-16(14-19(20)23)8-10-21(27)24-15-17-5-4-6-18(13-17)25-22(28)26-11-2-3-12-26/h4-7,9,13-14H,2-3,8,10-12,15H2,1H3,(H,24,27)(H,25,28). The molecule has 0 spiro atoms. The molecule has 3 rings (SSSR count). The summed E-state index contributed by atoms with van der Waals surface area (Å²) in [4.78, 5) is 26.2. The van der Waals surface area contributed by atoms with Gasteiger partial charge in [0.15, 0.2) is 0 Å². The van der Waals surface area contributed by atoms with E-state index in [0.717, 1.165) is 53.0 Å². The van der Waals surface area contributed by atoms with Gasteiger partial charge in [0.1, 0.15) is 5.75 Å². The molecular weight excluding hydrogens is 434 g/mol. The number of urea groups is 1. The van der Waals surface area contributed by atoms with Gasteiger partial charge in [0.05, 0.1) is 11.6 Å². The summed E-state index contributed by atoms with van der Waals surface area (Å²) in [5.74, 6) is 0.762. The molecule has 0 saturated carbocycles. The maximum Gasteiger partial charge on any atom is 0.321 e. The predicted molar refractivity (Wildman–Crippen MR) is 117 cm³/mol. The summed E-state index contributed by atoms with van der Waals surface area (Å²) in [6.07, 6.45) is 3.18. The van der Waals surface area contributed by atoms with Crippen LogP contribution in [0.15, 0.2) is 46.9 Å². The number of aryl methyl sites for hydroxylation is 1. The van der Waals surface area contributed by atoms with E-state index < -0.39 is 0 Å². The van der Waals surface area contributed by atoms with Crippen molar-refractivity contribution in [2.45, 2.75) is 32.2 Å². The summed E-state index contributed by atoms with van der Waals surface area (Å²) < 4.78 is 6.10. The van der Waals surface area contributed by atoms with Crippen LogP contribution in [-0.2, 0) is 17.8 Å². The van der Waals surface area contributed by atoms with Gasteiger partial charge in [-0.15, -0.1) is 0 Å². The third-order valence-corrected chi connectivity index (χ3v) is 5.54. The maximum absolute atomic E-state index is 12.2. The molecule has 1 saturated heterocycles. The van der Waals surface area contributed by atoms with Crippen LogP contribution in [0.3, 0.4) is 0 Å². The Balaban J connectivity index is 1.46. The van der Waals surface area contributed by atoms with Gasteiger partial charge in [-0.2, -0.15) is 0 Å². The first-order chi connectivity index (χ1) is 14.0. The molecule has 1 fully saturated rings. The second-order valence-corrected chi connectivity index (χ2v) is 7.92. The third kappa shape index (κ3) is 6.22. The fourth-order valence-corrected chi connectivity index (χ4v) is 3.88. The SMILES string of the molecule is COc1ccc(CCC(=O)NCc2cccc(NC(=O)N3CCCC3)c2)cc1Br. The molecule has 0 unspecified atom stereocenters. The van der Waals surface area contributed by atoms with E-state index in [2.05, 4.69) is 26.6 Å². The van der Waals surface area contributed by atoms with Gasteiger partial charge in [-0.3, -0.25) is 4.79 Å². The Bertz CT molecular complexity index is 866. The summed E-state index contributed by atoms with van der Waals surface area (Å²) in [6, 6.07) is 13.3. The number of ether oxygens (including phenoxy) is 1. The topological polar surface area (TPSA) is 70.7 Å². The molecule has 2 aromatic carbocycles. The average molecular weight is 460 g/mol. The number of methoxy groups -OCH3 is 1. The third-order valence-electron chi connectivity index (χ3n) is 4.92. The number of rotatable bonds is 7. The average Bonchev–Trinajstić information content (AvgIpc) is 3.26. The lowest BCUT2D eigenvalue weighted by molar-refractivity contribution is -0.121. The van der Waals surface area contributed by atoms with Crippen LogP contribution in [-0.4, -0.2) is 37.0 Å². The van der Waals surface area contributed by atoms with E-state index in [0.29, 0.717) is 19.4 Å². The van der Waals surface area contributed by atoms with E-state index in [4.69, 9.17) is 4.74 Å². The van der Waals surface area contributed by atoms with Crippen molar-refractivity contribution in [3.63, 3.8) is 0 Å². The van der Waals surface area contributed by atoms with E-state index in [9.17, 15) is 9.59 Å². The predicted octanol–water partition coefficient (Wildman–Crippen LogP) is 4.33. The van der Waals surface area contributed by atoms with E-state index in [1.54, 1.807) is 7.11 Å². The van der Waals surface area contributed by atoms with Crippen LogP contribution >= 0.6 is 15.9 Å². The number of nitrogens with zero attached hydrogens (tertiary/aromatic N) is 1. The van der Waals surface area contributed by atoms with Gasteiger partial charge in [0.25, 0.3) is 0 Å². The summed E-state index contributed by atoms with van der Waals surface area (Å²) in [5.41, 5.74) is 2.76. The van der Waals surface area contributed by atoms with Crippen LogP contribution < -0.4 is 15.4 Å². The zero-order valence-corrected chi connectivity index (χ0v) is 18.1. The van der Waals surface area contributed by atoms with Gasteiger partial charge >= 0.3 is 6.03 Å². The highest BCUT2D eigenvalue weighted by molar-refractivity contribution is 9.10. The smallest absolute Gasteiger partial charge is 0.321 e. The number of likely N-dealkylation sites (tertiary alicyclic amines) is 1. The zero-order valence-electron chi connectivity index (χ0n) is 16.5. The van der Waals surface area contributed by atoms with E-state index in [1.165, 1.54) is 0 Å². The molecule has 0 radical (unpaired) electrons. The van der Waals surface area contributed by atoms with Crippen molar-refractivity contribution in [2.24, 2.45) is 0 Å². The van der Waals surface area contributed by atoms with Gasteiger partial charge in [0.2, 0.25) is 5.91 Å². The van der Waals surface area contributed by atoms with Crippen molar-refractivity contribution < 1.29 is 14.3 Å². The van der Waals surface area contributed by atoms with E-state index >= 15 is 0 Å². The number of hydrogen-bond donors (Lipinski definition) is 2. The molecule has 2 aromatic rings. The fourth-order valence-electron chi connectivity index (χ4n) is 3.29. The van der Waals surface area contributed by atoms with Crippen LogP contribution in [0.4, 0.5) is 10.5 Å². The van der Waals surface area contributed by atoms with Crippen molar-refractivity contribution in [1.82, 2.24) is 10.2 Å². The molecule has 2 N–H and O–H groups in total. The molecule has 3 amide bonds. The maximum atomic E-state index is 12.2. The summed E-state index contributed by atoms with van der Waals surface area (Å²) >= 11 is 3.46. The van der Waals surface area contributed by atoms with Crippen molar-refractivity contribution in [3.8, 4) is 5.75 Å². The highest BCUT2D eigenvalue weighted by Crippen LogP contribution is 2.26. The lowest BCUT2D eigenvalue weighted by Crippen LogP contribution is -2.32. The monoisotopic (exact) mass is 459 g/mol. The van der Waals surface area contributed by atoms with Crippen LogP contribution in [0.25, 0.3) is 0 Å². The molecule has 0 atom stereocenters. The Morgan fingerprint density at radius 1 is 1.10 bits per heavy atom. The minimum Gasteiger partial charge on any atom is -0.496 e. The lowest BCUT2D eigenvalue weighted by atomic mass is 10.1. The second kappa shape index (κ2) is 10.3. The minimum atomic E-state index is -0.0608. The lowest BCUT2D eigenvalue weighted by Gasteiger charge is -2.16. The summed E-state index contributed by atoms with van der Waals surface area (Å²) in [5, 5.41) is 5.88. The van der Waals surface area contributed by atoms with Gasteiger partial charge in [-0.25, -0.2) is 4.79 Å². The van der Waals surface area contributed by atoms with Crippen LogP contribution in [0, 0.1) is 0 Å². The van der Waals surface area contributed by atoms with Crippen molar-refractivity contribution in [2.75, 3.05) is 25.5 Å². The molecule has 29 heavy (non-hydrogen) atoms. The Morgan fingerprint density at radius 2 is 1.90 bits per heavy atom. The first-order valence-electron chi connectivity index (χ1n) is 9.79. The molecule has 6 nitrogen and oxygen atoms in total. The Labute approximate surface area is 179 Å². The Hall–Kier alpha value is -2.54. The van der Waals surface area contributed by atoms with E-state index in [1.807, 2.05) is 47.4 Å².